The van der Waals surface area contributed by atoms with Gasteiger partial charge >= 0.3 is 0 Å². The van der Waals surface area contributed by atoms with E-state index in [0.29, 0.717) is 36.5 Å². The van der Waals surface area contributed by atoms with Gasteiger partial charge in [-0.2, -0.15) is 0 Å². The summed E-state index contributed by atoms with van der Waals surface area (Å²) in [5.41, 5.74) is 2.08. The Balaban J connectivity index is 1.33. The molecule has 1 aliphatic rings. The first-order chi connectivity index (χ1) is 17.6. The van der Waals surface area contributed by atoms with Gasteiger partial charge in [0.25, 0.3) is 11.8 Å². The number of para-hydroxylation sites is 1. The maximum Gasteiger partial charge on any atom is 0.294 e. The normalized spacial score (nSPS) is 15.1. The summed E-state index contributed by atoms with van der Waals surface area (Å²) < 4.78 is 7.49. The van der Waals surface area contributed by atoms with Crippen LogP contribution >= 0.6 is 0 Å². The smallest absolute Gasteiger partial charge is 0.294 e. The molecule has 4 aromatic rings. The van der Waals surface area contributed by atoms with E-state index in [9.17, 15) is 14.4 Å². The van der Waals surface area contributed by atoms with Gasteiger partial charge in [0, 0.05) is 43.2 Å². The second-order valence-electron chi connectivity index (χ2n) is 9.79. The van der Waals surface area contributed by atoms with E-state index in [4.69, 9.17) is 4.42 Å². The number of furan rings is 1. The molecule has 0 radical (unpaired) electrons. The van der Waals surface area contributed by atoms with Crippen molar-refractivity contribution in [2.45, 2.75) is 33.2 Å². The number of carbonyl (C=O) groups excluding carboxylic acids is 3. The first kappa shape index (κ1) is 24.2. The van der Waals surface area contributed by atoms with Crippen molar-refractivity contribution in [3.05, 3.63) is 72.0 Å². The second-order valence-corrected chi connectivity index (χ2v) is 9.79. The summed E-state index contributed by atoms with van der Waals surface area (Å²) in [4.78, 5) is 45.9. The largest absolute Gasteiger partial charge is 0.451 e. The van der Waals surface area contributed by atoms with E-state index in [2.05, 4.69) is 15.4 Å². The van der Waals surface area contributed by atoms with E-state index in [1.165, 1.54) is 13.3 Å². The summed E-state index contributed by atoms with van der Waals surface area (Å²) in [6.07, 6.45) is 1.52. The molecule has 0 spiro atoms. The molecular weight excluding hydrogens is 472 g/mol. The van der Waals surface area contributed by atoms with Crippen molar-refractivity contribution in [2.24, 2.45) is 0 Å². The lowest BCUT2D eigenvalue weighted by Gasteiger charge is -2.46. The molecule has 1 N–H and O–H groups in total. The Hall–Kier alpha value is -4.47. The van der Waals surface area contributed by atoms with Crippen molar-refractivity contribution >= 4 is 34.4 Å². The number of aryl methyl sites for hydroxylation is 1. The van der Waals surface area contributed by atoms with Crippen molar-refractivity contribution in [1.82, 2.24) is 24.6 Å². The number of fused-ring (bicyclic) bond motifs is 1. The SMILES string of the molecule is CC(=O)Nc1ccc2oc(C(=O)N3CCN(C(=O)c4ncn(-c5ccccc5)n4)C(C)(C)C3)c(C)c2c1. The third kappa shape index (κ3) is 4.57. The third-order valence-electron chi connectivity index (χ3n) is 6.59. The van der Waals surface area contributed by atoms with Crippen LogP contribution in [0.15, 0.2) is 59.3 Å². The monoisotopic (exact) mass is 500 g/mol. The average Bonchev–Trinajstić information content (AvgIpc) is 3.48. The number of hydrogen-bond donors (Lipinski definition) is 1. The number of amides is 3. The number of nitrogens with zero attached hydrogens (tertiary/aromatic N) is 5. The molecule has 1 saturated heterocycles. The number of anilines is 1. The van der Waals surface area contributed by atoms with Gasteiger partial charge in [0.15, 0.2) is 5.76 Å². The summed E-state index contributed by atoms with van der Waals surface area (Å²) in [7, 11) is 0. The predicted octanol–water partition coefficient (Wildman–Crippen LogP) is 3.66. The van der Waals surface area contributed by atoms with Crippen molar-refractivity contribution in [1.29, 1.82) is 0 Å². The van der Waals surface area contributed by atoms with Crippen molar-refractivity contribution < 1.29 is 18.8 Å². The van der Waals surface area contributed by atoms with Gasteiger partial charge in [0.1, 0.15) is 11.9 Å². The standard InChI is InChI=1S/C27H28N6O4/c1-17-21-14-19(29-18(2)34)10-11-22(21)37-23(17)25(35)31-12-13-32(27(3,4)15-31)26(36)24-28-16-33(30-24)20-8-6-5-7-9-20/h5-11,14,16H,12-13,15H2,1-4H3,(H,29,34). The molecule has 2 aromatic heterocycles. The summed E-state index contributed by atoms with van der Waals surface area (Å²) in [5.74, 6) is -0.319. The maximum absolute atomic E-state index is 13.5. The highest BCUT2D eigenvalue weighted by molar-refractivity contribution is 6.01. The number of hydrogen-bond acceptors (Lipinski definition) is 6. The fourth-order valence-corrected chi connectivity index (χ4v) is 4.74. The highest BCUT2D eigenvalue weighted by atomic mass is 16.3. The van der Waals surface area contributed by atoms with Crippen LogP contribution < -0.4 is 5.32 Å². The summed E-state index contributed by atoms with van der Waals surface area (Å²) in [5, 5.41) is 7.89. The highest BCUT2D eigenvalue weighted by Gasteiger charge is 2.41. The Morgan fingerprint density at radius 2 is 1.78 bits per heavy atom. The number of nitrogens with one attached hydrogen (secondary N) is 1. The van der Waals surface area contributed by atoms with Crippen molar-refractivity contribution in [3.63, 3.8) is 0 Å². The molecule has 5 rings (SSSR count). The molecule has 0 saturated carbocycles. The Morgan fingerprint density at radius 3 is 2.49 bits per heavy atom. The maximum atomic E-state index is 13.5. The molecule has 0 unspecified atom stereocenters. The lowest BCUT2D eigenvalue weighted by Crippen LogP contribution is -2.62. The Morgan fingerprint density at radius 1 is 1.03 bits per heavy atom. The van der Waals surface area contributed by atoms with E-state index < -0.39 is 5.54 Å². The fourth-order valence-electron chi connectivity index (χ4n) is 4.74. The Kier molecular flexibility index (Phi) is 6.02. The minimum absolute atomic E-state index is 0.111. The van der Waals surface area contributed by atoms with Gasteiger partial charge < -0.3 is 19.5 Å². The molecule has 37 heavy (non-hydrogen) atoms. The molecule has 0 atom stereocenters. The van der Waals surface area contributed by atoms with Crippen LogP contribution in [0.25, 0.3) is 16.7 Å². The van der Waals surface area contributed by atoms with E-state index >= 15 is 0 Å². The molecular formula is C27H28N6O4. The van der Waals surface area contributed by atoms with Gasteiger partial charge in [-0.25, -0.2) is 9.67 Å². The van der Waals surface area contributed by atoms with E-state index in [1.807, 2.05) is 51.1 Å². The second kappa shape index (κ2) is 9.20. The zero-order valence-corrected chi connectivity index (χ0v) is 21.2. The molecule has 190 valence electrons. The highest BCUT2D eigenvalue weighted by Crippen LogP contribution is 2.30. The van der Waals surface area contributed by atoms with Gasteiger partial charge in [-0.15, -0.1) is 5.10 Å². The van der Waals surface area contributed by atoms with E-state index in [-0.39, 0.29) is 29.3 Å². The van der Waals surface area contributed by atoms with Crippen LogP contribution in [0.5, 0.6) is 0 Å². The molecule has 2 aromatic carbocycles. The number of piperazine rings is 1. The minimum Gasteiger partial charge on any atom is -0.451 e. The van der Waals surface area contributed by atoms with Crippen LogP contribution in [0, 0.1) is 6.92 Å². The minimum atomic E-state index is -0.651. The number of aromatic nitrogens is 3. The number of benzene rings is 2. The number of rotatable bonds is 4. The molecule has 0 aliphatic carbocycles. The van der Waals surface area contributed by atoms with Crippen LogP contribution in [-0.4, -0.2) is 67.5 Å². The van der Waals surface area contributed by atoms with Crippen LogP contribution in [0.1, 0.15) is 47.5 Å². The van der Waals surface area contributed by atoms with Gasteiger partial charge in [-0.1, -0.05) is 18.2 Å². The fraction of sp³-hybridized carbons (Fsp3) is 0.296. The van der Waals surface area contributed by atoms with E-state index in [1.54, 1.807) is 32.7 Å². The van der Waals surface area contributed by atoms with Gasteiger partial charge in [-0.3, -0.25) is 14.4 Å². The van der Waals surface area contributed by atoms with Crippen molar-refractivity contribution in [3.8, 4) is 5.69 Å². The molecule has 1 aliphatic heterocycles. The summed E-state index contributed by atoms with van der Waals surface area (Å²) >= 11 is 0. The van der Waals surface area contributed by atoms with Crippen LogP contribution in [0.4, 0.5) is 5.69 Å². The molecule has 3 amide bonds. The lowest BCUT2D eigenvalue weighted by atomic mass is 9.98. The topological polar surface area (TPSA) is 114 Å². The Labute approximate surface area is 213 Å². The van der Waals surface area contributed by atoms with Crippen LogP contribution in [-0.2, 0) is 4.79 Å². The molecule has 10 heteroatoms. The van der Waals surface area contributed by atoms with Gasteiger partial charge in [-0.05, 0) is 51.1 Å². The zero-order chi connectivity index (χ0) is 26.3. The zero-order valence-electron chi connectivity index (χ0n) is 21.2. The molecule has 3 heterocycles. The van der Waals surface area contributed by atoms with Crippen LogP contribution in [0.2, 0.25) is 0 Å². The van der Waals surface area contributed by atoms with Gasteiger partial charge in [0.05, 0.1) is 11.2 Å². The molecule has 0 bridgehead atoms. The lowest BCUT2D eigenvalue weighted by molar-refractivity contribution is -0.114. The average molecular weight is 501 g/mol. The summed E-state index contributed by atoms with van der Waals surface area (Å²) in [6, 6.07) is 14.7. The number of carbonyl (C=O) groups is 3. The predicted molar refractivity (Wildman–Crippen MR) is 138 cm³/mol. The first-order valence-electron chi connectivity index (χ1n) is 12.0. The third-order valence-corrected chi connectivity index (χ3v) is 6.59. The molecule has 10 nitrogen and oxygen atoms in total. The first-order valence-corrected chi connectivity index (χ1v) is 12.0. The molecule has 1 fully saturated rings. The van der Waals surface area contributed by atoms with E-state index in [0.717, 1.165) is 11.1 Å². The summed E-state index contributed by atoms with van der Waals surface area (Å²) in [6.45, 7) is 8.12. The quantitative estimate of drug-likeness (QED) is 0.458. The Bertz CT molecular complexity index is 1500. The van der Waals surface area contributed by atoms with Crippen molar-refractivity contribution in [2.75, 3.05) is 25.0 Å². The van der Waals surface area contributed by atoms with Crippen LogP contribution in [0.3, 0.4) is 0 Å². The van der Waals surface area contributed by atoms with Gasteiger partial charge in [0.2, 0.25) is 11.7 Å².